The number of hydrogen-bond acceptors (Lipinski definition) is 4. The van der Waals surface area contributed by atoms with Gasteiger partial charge in [0, 0.05) is 11.8 Å². The Kier molecular flexibility index (Phi) is 5.01. The molecular weight excluding hydrogens is 252 g/mol. The first-order valence-electron chi connectivity index (χ1n) is 7.28. The van der Waals surface area contributed by atoms with Gasteiger partial charge in [-0.2, -0.15) is 0 Å². The molecule has 1 aromatic rings. The topological polar surface area (TPSA) is 45.1 Å². The maximum Gasteiger partial charge on any atom is 0.131 e. The Bertz CT molecular complexity index is 485. The van der Waals surface area contributed by atoms with Crippen molar-refractivity contribution in [2.45, 2.75) is 32.7 Å². The fraction of sp³-hybridized carbons (Fsp3) is 0.562. The Morgan fingerprint density at radius 3 is 3.00 bits per heavy atom. The third-order valence-corrected chi connectivity index (χ3v) is 4.03. The Labute approximate surface area is 121 Å². The van der Waals surface area contributed by atoms with Crippen molar-refractivity contribution in [1.29, 1.82) is 0 Å². The lowest BCUT2D eigenvalue weighted by atomic mass is 10.1. The van der Waals surface area contributed by atoms with E-state index in [-0.39, 0.29) is 5.75 Å². The number of phenolic OH excluding ortho intramolecular Hbond substituents is 1. The molecule has 110 valence electrons. The first kappa shape index (κ1) is 14.9. The first-order valence-corrected chi connectivity index (χ1v) is 7.28. The summed E-state index contributed by atoms with van der Waals surface area (Å²) in [5.41, 5.74) is 1.54. The van der Waals surface area contributed by atoms with E-state index in [1.807, 2.05) is 13.0 Å². The van der Waals surface area contributed by atoms with Crippen LogP contribution < -0.4 is 4.74 Å². The zero-order chi connectivity index (χ0) is 14.5. The predicted molar refractivity (Wildman–Crippen MR) is 82.0 cm³/mol. The van der Waals surface area contributed by atoms with Gasteiger partial charge >= 0.3 is 0 Å². The van der Waals surface area contributed by atoms with E-state index < -0.39 is 0 Å². The molecule has 1 heterocycles. The second-order valence-electron chi connectivity index (χ2n) is 5.21. The lowest BCUT2D eigenvalue weighted by Gasteiger charge is -2.21. The molecule has 0 aromatic heterocycles. The van der Waals surface area contributed by atoms with E-state index in [1.165, 1.54) is 19.4 Å². The number of benzene rings is 1. The van der Waals surface area contributed by atoms with Crippen molar-refractivity contribution < 1.29 is 9.84 Å². The van der Waals surface area contributed by atoms with E-state index in [0.29, 0.717) is 17.4 Å². The van der Waals surface area contributed by atoms with Crippen LogP contribution >= 0.6 is 0 Å². The summed E-state index contributed by atoms with van der Waals surface area (Å²) in [6, 6.07) is 5.83. The Morgan fingerprint density at radius 1 is 1.50 bits per heavy atom. The number of nitrogens with zero attached hydrogens (tertiary/aromatic N) is 2. The summed E-state index contributed by atoms with van der Waals surface area (Å²) >= 11 is 0. The van der Waals surface area contributed by atoms with Crippen LogP contribution in [0, 0.1) is 0 Å². The highest BCUT2D eigenvalue weighted by molar-refractivity contribution is 6.03. The van der Waals surface area contributed by atoms with E-state index in [9.17, 15) is 5.11 Å². The van der Waals surface area contributed by atoms with Crippen molar-refractivity contribution in [2.75, 3.05) is 26.7 Å². The van der Waals surface area contributed by atoms with Crippen LogP contribution in [0.25, 0.3) is 0 Å². The van der Waals surface area contributed by atoms with Crippen LogP contribution in [-0.4, -0.2) is 48.5 Å². The fourth-order valence-electron chi connectivity index (χ4n) is 2.89. The maximum atomic E-state index is 10.0. The van der Waals surface area contributed by atoms with Gasteiger partial charge in [0.1, 0.15) is 11.5 Å². The molecule has 1 aliphatic heterocycles. The molecule has 1 saturated heterocycles. The Hall–Kier alpha value is -1.55. The molecule has 0 radical (unpaired) electrons. The molecule has 4 heteroatoms. The molecule has 1 N–H and O–H groups in total. The van der Waals surface area contributed by atoms with Crippen LogP contribution in [0.15, 0.2) is 23.2 Å². The number of methoxy groups -OCH3 is 1. The van der Waals surface area contributed by atoms with Gasteiger partial charge in [0.2, 0.25) is 0 Å². The largest absolute Gasteiger partial charge is 0.507 e. The van der Waals surface area contributed by atoms with Crippen LogP contribution in [0.3, 0.4) is 0 Å². The molecule has 0 aliphatic carbocycles. The Balaban J connectivity index is 2.14. The van der Waals surface area contributed by atoms with Gasteiger partial charge in [-0.1, -0.05) is 13.0 Å². The van der Waals surface area contributed by atoms with Crippen molar-refractivity contribution >= 4 is 5.71 Å². The lowest BCUT2D eigenvalue weighted by Crippen LogP contribution is -2.31. The minimum Gasteiger partial charge on any atom is -0.507 e. The van der Waals surface area contributed by atoms with E-state index in [2.05, 4.69) is 16.8 Å². The highest BCUT2D eigenvalue weighted by Crippen LogP contribution is 2.28. The predicted octanol–water partition coefficient (Wildman–Crippen LogP) is 2.69. The van der Waals surface area contributed by atoms with Gasteiger partial charge in [0.05, 0.1) is 19.2 Å². The van der Waals surface area contributed by atoms with Crippen molar-refractivity contribution in [1.82, 2.24) is 4.90 Å². The summed E-state index contributed by atoms with van der Waals surface area (Å²) in [7, 11) is 1.61. The molecule has 1 aliphatic rings. The molecule has 0 bridgehead atoms. The first-order chi connectivity index (χ1) is 9.67. The minimum atomic E-state index is 0.226. The van der Waals surface area contributed by atoms with E-state index in [4.69, 9.17) is 4.74 Å². The van der Waals surface area contributed by atoms with Crippen LogP contribution in [0.2, 0.25) is 0 Å². The highest BCUT2D eigenvalue weighted by atomic mass is 16.5. The zero-order valence-electron chi connectivity index (χ0n) is 12.6. The van der Waals surface area contributed by atoms with Gasteiger partial charge in [-0.3, -0.25) is 9.89 Å². The second kappa shape index (κ2) is 6.75. The quantitative estimate of drug-likeness (QED) is 0.841. The van der Waals surface area contributed by atoms with E-state index in [1.54, 1.807) is 19.2 Å². The summed E-state index contributed by atoms with van der Waals surface area (Å²) in [4.78, 5) is 7.15. The average molecular weight is 276 g/mol. The third kappa shape index (κ3) is 3.12. The fourth-order valence-corrected chi connectivity index (χ4v) is 2.89. The highest BCUT2D eigenvalue weighted by Gasteiger charge is 2.22. The van der Waals surface area contributed by atoms with Crippen LogP contribution in [0.1, 0.15) is 32.3 Å². The summed E-state index contributed by atoms with van der Waals surface area (Å²) in [5.74, 6) is 0.898. The normalized spacial score (nSPS) is 20.4. The van der Waals surface area contributed by atoms with Crippen molar-refractivity contribution in [2.24, 2.45) is 4.99 Å². The Morgan fingerprint density at radius 2 is 2.30 bits per heavy atom. The number of likely N-dealkylation sites (tertiary alicyclic amines) is 1. The van der Waals surface area contributed by atoms with Gasteiger partial charge in [-0.15, -0.1) is 0 Å². The number of ether oxygens (including phenoxy) is 1. The number of phenols is 1. The molecule has 0 amide bonds. The minimum absolute atomic E-state index is 0.226. The molecule has 2 rings (SSSR count). The van der Waals surface area contributed by atoms with Gasteiger partial charge < -0.3 is 9.84 Å². The van der Waals surface area contributed by atoms with Crippen molar-refractivity contribution in [3.05, 3.63) is 23.8 Å². The third-order valence-electron chi connectivity index (χ3n) is 4.03. The lowest BCUT2D eigenvalue weighted by molar-refractivity contribution is 0.273. The monoisotopic (exact) mass is 276 g/mol. The number of aliphatic imine (C=N–C) groups is 1. The van der Waals surface area contributed by atoms with Crippen LogP contribution in [0.4, 0.5) is 0 Å². The molecular formula is C16H24N2O2. The maximum absolute atomic E-state index is 10.0. The molecule has 20 heavy (non-hydrogen) atoms. The smallest absolute Gasteiger partial charge is 0.131 e. The average Bonchev–Trinajstić information content (AvgIpc) is 2.91. The van der Waals surface area contributed by atoms with Crippen molar-refractivity contribution in [3.63, 3.8) is 0 Å². The van der Waals surface area contributed by atoms with Crippen molar-refractivity contribution in [3.8, 4) is 11.5 Å². The van der Waals surface area contributed by atoms with Gasteiger partial charge in [-0.05, 0) is 45.0 Å². The number of likely N-dealkylation sites (N-methyl/N-ethyl adjacent to an activating group) is 1. The van der Waals surface area contributed by atoms with Crippen LogP contribution in [-0.2, 0) is 0 Å². The molecule has 1 aromatic carbocycles. The number of hydrogen-bond donors (Lipinski definition) is 1. The van der Waals surface area contributed by atoms with E-state index in [0.717, 1.165) is 18.8 Å². The number of aromatic hydroxyl groups is 1. The zero-order valence-corrected chi connectivity index (χ0v) is 12.6. The van der Waals surface area contributed by atoms with E-state index >= 15 is 0 Å². The van der Waals surface area contributed by atoms with Gasteiger partial charge in [0.15, 0.2) is 0 Å². The van der Waals surface area contributed by atoms with Crippen LogP contribution in [0.5, 0.6) is 11.5 Å². The standard InChI is InChI=1S/C16H24N2O2/c1-4-18-10-6-7-13(18)11-17-12(2)16-14(19)8-5-9-15(16)20-3/h5,8-9,13,19H,4,6-7,10-11H2,1-3H3/b17-12+. The number of rotatable bonds is 5. The van der Waals surface area contributed by atoms with Gasteiger partial charge in [0.25, 0.3) is 0 Å². The van der Waals surface area contributed by atoms with Gasteiger partial charge in [-0.25, -0.2) is 0 Å². The molecule has 1 unspecified atom stereocenters. The summed E-state index contributed by atoms with van der Waals surface area (Å²) < 4.78 is 5.31. The SMILES string of the molecule is CCN1CCCC1C/N=C(\C)c1c(O)cccc1OC. The molecule has 4 nitrogen and oxygen atoms in total. The molecule has 1 atom stereocenters. The second-order valence-corrected chi connectivity index (χ2v) is 5.21. The summed E-state index contributed by atoms with van der Waals surface area (Å²) in [5, 5.41) is 10.0. The molecule has 1 fully saturated rings. The molecule has 0 spiro atoms. The summed E-state index contributed by atoms with van der Waals surface area (Å²) in [6.07, 6.45) is 2.47. The summed E-state index contributed by atoms with van der Waals surface area (Å²) in [6.45, 7) is 7.18. The molecule has 0 saturated carbocycles.